The topological polar surface area (TPSA) is 37.8 Å². The van der Waals surface area contributed by atoms with Gasteiger partial charge in [-0.25, -0.2) is 9.97 Å². The van der Waals surface area contributed by atoms with Crippen LogP contribution < -0.4 is 5.32 Å². The van der Waals surface area contributed by atoms with Gasteiger partial charge in [-0.05, 0) is 34.2 Å². The lowest BCUT2D eigenvalue weighted by atomic mass is 9.76. The summed E-state index contributed by atoms with van der Waals surface area (Å²) in [5.74, 6) is 2.19. The Bertz CT molecular complexity index is 425. The van der Waals surface area contributed by atoms with Gasteiger partial charge >= 0.3 is 0 Å². The Morgan fingerprint density at radius 3 is 2.58 bits per heavy atom. The van der Waals surface area contributed by atoms with Gasteiger partial charge in [0.05, 0.1) is 0 Å². The Morgan fingerprint density at radius 2 is 1.95 bits per heavy atom. The molecule has 1 heterocycles. The number of aromatic nitrogens is 2. The van der Waals surface area contributed by atoms with Gasteiger partial charge in [0.2, 0.25) is 0 Å². The van der Waals surface area contributed by atoms with Gasteiger partial charge in [-0.1, -0.05) is 40.0 Å². The van der Waals surface area contributed by atoms with Crippen molar-refractivity contribution in [1.82, 2.24) is 9.97 Å². The Labute approximate surface area is 124 Å². The van der Waals surface area contributed by atoms with Gasteiger partial charge in [0, 0.05) is 18.5 Å². The molecule has 0 unspecified atom stereocenters. The first-order valence-corrected chi connectivity index (χ1v) is 8.06. The summed E-state index contributed by atoms with van der Waals surface area (Å²) in [4.78, 5) is 9.01. The first kappa shape index (κ1) is 14.8. The summed E-state index contributed by atoms with van der Waals surface area (Å²) in [5, 5.41) is 3.51. The maximum Gasteiger partial charge on any atom is 0.134 e. The normalized spacial score (nSPS) is 18.6. The molecule has 0 bridgehead atoms. The summed E-state index contributed by atoms with van der Waals surface area (Å²) in [6.45, 7) is 7.63. The van der Waals surface area contributed by atoms with E-state index in [4.69, 9.17) is 0 Å². The fraction of sp³-hybridized carbons (Fsp3) is 0.733. The Kier molecular flexibility index (Phi) is 4.82. The first-order valence-electron chi connectivity index (χ1n) is 7.27. The Hall–Kier alpha value is -0.640. The quantitative estimate of drug-likeness (QED) is 0.812. The van der Waals surface area contributed by atoms with Gasteiger partial charge in [-0.3, -0.25) is 0 Å². The number of hydrogen-bond donors (Lipinski definition) is 1. The van der Waals surface area contributed by atoms with Crippen molar-refractivity contribution in [2.45, 2.75) is 58.8 Å². The van der Waals surface area contributed by atoms with Crippen LogP contribution in [-0.4, -0.2) is 16.5 Å². The highest BCUT2D eigenvalue weighted by molar-refractivity contribution is 9.10. The number of nitrogens with one attached hydrogen (secondary N) is 1. The molecule has 1 aromatic rings. The fourth-order valence-corrected chi connectivity index (χ4v) is 3.07. The van der Waals surface area contributed by atoms with Crippen LogP contribution in [0, 0.1) is 5.41 Å². The number of anilines is 1. The Balaban J connectivity index is 2.02. The lowest BCUT2D eigenvalue weighted by molar-refractivity contribution is 0.233. The van der Waals surface area contributed by atoms with E-state index in [0.717, 1.165) is 22.8 Å². The second-order valence-electron chi connectivity index (χ2n) is 6.31. The molecule has 106 valence electrons. The van der Waals surface area contributed by atoms with Crippen LogP contribution in [0.1, 0.15) is 64.6 Å². The van der Waals surface area contributed by atoms with E-state index in [-0.39, 0.29) is 0 Å². The summed E-state index contributed by atoms with van der Waals surface area (Å²) in [6, 6.07) is 1.97. The standard InChI is InChI=1S/C15H24BrN3/c1-11(2)14-18-12(16)9-13(19-14)17-10-15(3)7-5-4-6-8-15/h9,11H,4-8,10H2,1-3H3,(H,17,18,19). The Morgan fingerprint density at radius 1 is 1.26 bits per heavy atom. The van der Waals surface area contributed by atoms with Crippen molar-refractivity contribution in [1.29, 1.82) is 0 Å². The molecule has 1 fully saturated rings. The highest BCUT2D eigenvalue weighted by Crippen LogP contribution is 2.35. The molecule has 0 saturated heterocycles. The first-order chi connectivity index (χ1) is 8.98. The van der Waals surface area contributed by atoms with Crippen LogP contribution in [0.25, 0.3) is 0 Å². The van der Waals surface area contributed by atoms with E-state index >= 15 is 0 Å². The zero-order valence-electron chi connectivity index (χ0n) is 12.2. The number of hydrogen-bond acceptors (Lipinski definition) is 3. The highest BCUT2D eigenvalue weighted by Gasteiger charge is 2.26. The van der Waals surface area contributed by atoms with E-state index in [2.05, 4.69) is 52.0 Å². The molecule has 0 atom stereocenters. The number of nitrogens with zero attached hydrogens (tertiary/aromatic N) is 2. The van der Waals surface area contributed by atoms with Crippen molar-refractivity contribution in [3.05, 3.63) is 16.5 Å². The summed E-state index contributed by atoms with van der Waals surface area (Å²) in [5.41, 5.74) is 0.424. The maximum atomic E-state index is 4.60. The molecular formula is C15H24BrN3. The zero-order valence-corrected chi connectivity index (χ0v) is 13.8. The lowest BCUT2D eigenvalue weighted by Crippen LogP contribution is -2.29. The summed E-state index contributed by atoms with van der Waals surface area (Å²) >= 11 is 3.47. The summed E-state index contributed by atoms with van der Waals surface area (Å²) in [6.07, 6.45) is 6.77. The smallest absolute Gasteiger partial charge is 0.134 e. The van der Waals surface area contributed by atoms with Gasteiger partial charge in [0.15, 0.2) is 0 Å². The molecule has 2 rings (SSSR count). The molecule has 1 saturated carbocycles. The van der Waals surface area contributed by atoms with Gasteiger partial charge in [0.25, 0.3) is 0 Å². The average Bonchev–Trinajstić information content (AvgIpc) is 2.37. The third-order valence-corrected chi connectivity index (χ3v) is 4.39. The van der Waals surface area contributed by atoms with Gasteiger partial charge in [0.1, 0.15) is 16.2 Å². The van der Waals surface area contributed by atoms with E-state index in [9.17, 15) is 0 Å². The second-order valence-corrected chi connectivity index (χ2v) is 7.13. The molecule has 0 aromatic carbocycles. The van der Waals surface area contributed by atoms with Crippen LogP contribution in [-0.2, 0) is 0 Å². The molecule has 1 aliphatic rings. The van der Waals surface area contributed by atoms with Crippen molar-refractivity contribution < 1.29 is 0 Å². The third-order valence-electron chi connectivity index (χ3n) is 3.99. The van der Waals surface area contributed by atoms with E-state index in [1.807, 2.05) is 6.07 Å². The van der Waals surface area contributed by atoms with Gasteiger partial charge in [-0.2, -0.15) is 0 Å². The van der Waals surface area contributed by atoms with Crippen LogP contribution in [0.2, 0.25) is 0 Å². The van der Waals surface area contributed by atoms with Gasteiger partial charge < -0.3 is 5.32 Å². The minimum Gasteiger partial charge on any atom is -0.369 e. The molecule has 1 aromatic heterocycles. The molecule has 0 aliphatic heterocycles. The summed E-state index contributed by atoms with van der Waals surface area (Å²) < 4.78 is 0.863. The van der Waals surface area contributed by atoms with Crippen LogP contribution in [0.5, 0.6) is 0 Å². The molecule has 1 aliphatic carbocycles. The third kappa shape index (κ3) is 4.16. The fourth-order valence-electron chi connectivity index (χ4n) is 2.67. The monoisotopic (exact) mass is 325 g/mol. The number of rotatable bonds is 4. The molecule has 3 nitrogen and oxygen atoms in total. The van der Waals surface area contributed by atoms with Crippen molar-refractivity contribution in [2.75, 3.05) is 11.9 Å². The molecule has 4 heteroatoms. The minimum absolute atomic E-state index is 0.350. The van der Waals surface area contributed by atoms with E-state index < -0.39 is 0 Å². The molecule has 0 amide bonds. The molecular weight excluding hydrogens is 302 g/mol. The van der Waals surface area contributed by atoms with Crippen molar-refractivity contribution in [3.8, 4) is 0 Å². The average molecular weight is 326 g/mol. The SMILES string of the molecule is CC(C)c1nc(Br)cc(NCC2(C)CCCCC2)n1. The maximum absolute atomic E-state index is 4.60. The van der Waals surface area contributed by atoms with E-state index in [1.54, 1.807) is 0 Å². The van der Waals surface area contributed by atoms with Crippen LogP contribution in [0.15, 0.2) is 10.7 Å². The predicted molar refractivity (Wildman–Crippen MR) is 83.5 cm³/mol. The van der Waals surface area contributed by atoms with Crippen LogP contribution in [0.3, 0.4) is 0 Å². The predicted octanol–water partition coefficient (Wildman–Crippen LogP) is 4.74. The number of halogens is 1. The molecule has 19 heavy (non-hydrogen) atoms. The molecule has 0 spiro atoms. The van der Waals surface area contributed by atoms with Crippen LogP contribution in [0.4, 0.5) is 5.82 Å². The lowest BCUT2D eigenvalue weighted by Gasteiger charge is -2.33. The van der Waals surface area contributed by atoms with E-state index in [0.29, 0.717) is 11.3 Å². The molecule has 1 N–H and O–H groups in total. The van der Waals surface area contributed by atoms with Crippen molar-refractivity contribution in [3.63, 3.8) is 0 Å². The van der Waals surface area contributed by atoms with Crippen LogP contribution >= 0.6 is 15.9 Å². The molecule has 0 radical (unpaired) electrons. The summed E-state index contributed by atoms with van der Waals surface area (Å²) in [7, 11) is 0. The van der Waals surface area contributed by atoms with E-state index in [1.165, 1.54) is 32.1 Å². The van der Waals surface area contributed by atoms with Crippen molar-refractivity contribution in [2.24, 2.45) is 5.41 Å². The largest absolute Gasteiger partial charge is 0.369 e. The minimum atomic E-state index is 0.350. The zero-order chi connectivity index (χ0) is 13.9. The highest BCUT2D eigenvalue weighted by atomic mass is 79.9. The van der Waals surface area contributed by atoms with Gasteiger partial charge in [-0.15, -0.1) is 0 Å². The van der Waals surface area contributed by atoms with Crippen molar-refractivity contribution >= 4 is 21.7 Å². The second kappa shape index (κ2) is 6.21.